The monoisotopic (exact) mass is 428 g/mol. The highest BCUT2D eigenvalue weighted by molar-refractivity contribution is 6.02. The number of nitrogens with two attached hydrogens (primary N) is 1. The van der Waals surface area contributed by atoms with E-state index in [1.807, 2.05) is 0 Å². The van der Waals surface area contributed by atoms with Crippen LogP contribution >= 0.6 is 0 Å². The number of halogens is 4. The highest BCUT2D eigenvalue weighted by atomic mass is 19.4. The maximum absolute atomic E-state index is 14.4. The molecule has 0 saturated carbocycles. The molecule has 2 unspecified atom stereocenters. The molecule has 2 aromatic heterocycles. The first kappa shape index (κ1) is 21.2. The summed E-state index contributed by atoms with van der Waals surface area (Å²) in [5.74, 6) is -1.56. The van der Waals surface area contributed by atoms with Gasteiger partial charge in [0, 0.05) is 12.0 Å². The molecule has 2 atom stereocenters. The molecule has 0 aromatic carbocycles. The third-order valence-corrected chi connectivity index (χ3v) is 4.32. The van der Waals surface area contributed by atoms with E-state index in [0.717, 1.165) is 18.5 Å². The number of pyridine rings is 1. The number of nitrogens with zero attached hydrogens (tertiary/aromatic N) is 4. The van der Waals surface area contributed by atoms with Crippen LogP contribution in [0.2, 0.25) is 0 Å². The minimum atomic E-state index is -4.73. The van der Waals surface area contributed by atoms with Crippen molar-refractivity contribution in [2.24, 2.45) is 10.7 Å². The molecule has 13 heteroatoms. The number of nitrogens with one attached hydrogen (secondary N) is 1. The van der Waals surface area contributed by atoms with Gasteiger partial charge in [-0.05, 0) is 13.0 Å². The van der Waals surface area contributed by atoms with Crippen molar-refractivity contribution in [1.29, 1.82) is 0 Å². The summed E-state index contributed by atoms with van der Waals surface area (Å²) in [6.45, 7) is 1.27. The van der Waals surface area contributed by atoms with Gasteiger partial charge in [-0.15, -0.1) is 0 Å². The van der Waals surface area contributed by atoms with E-state index in [1.54, 1.807) is 0 Å². The van der Waals surface area contributed by atoms with E-state index in [0.29, 0.717) is 0 Å². The average molecular weight is 428 g/mol. The van der Waals surface area contributed by atoms with Crippen LogP contribution in [0.5, 0.6) is 5.88 Å². The molecule has 0 bridgehead atoms. The molecular formula is C17H16F4N6O3. The Kier molecular flexibility index (Phi) is 5.46. The van der Waals surface area contributed by atoms with Gasteiger partial charge in [-0.3, -0.25) is 4.79 Å². The van der Waals surface area contributed by atoms with Crippen LogP contribution in [0.1, 0.15) is 29.4 Å². The van der Waals surface area contributed by atoms with Crippen molar-refractivity contribution in [1.82, 2.24) is 15.0 Å². The molecule has 1 aliphatic heterocycles. The molecule has 1 aliphatic rings. The number of amidine groups is 1. The van der Waals surface area contributed by atoms with Gasteiger partial charge in [0.25, 0.3) is 11.9 Å². The molecule has 30 heavy (non-hydrogen) atoms. The molecular weight excluding hydrogens is 412 g/mol. The van der Waals surface area contributed by atoms with Gasteiger partial charge >= 0.3 is 6.18 Å². The van der Waals surface area contributed by atoms with Gasteiger partial charge in [0.1, 0.15) is 5.69 Å². The van der Waals surface area contributed by atoms with Crippen LogP contribution < -0.4 is 15.8 Å². The minimum absolute atomic E-state index is 0.0130. The number of methoxy groups -OCH3 is 1. The van der Waals surface area contributed by atoms with Crippen LogP contribution in [0.15, 0.2) is 29.6 Å². The quantitative estimate of drug-likeness (QED) is 0.565. The van der Waals surface area contributed by atoms with E-state index in [9.17, 15) is 22.4 Å². The smallest absolute Gasteiger partial charge is 0.425 e. The molecule has 2 aromatic rings. The van der Waals surface area contributed by atoms with E-state index < -0.39 is 42.1 Å². The van der Waals surface area contributed by atoms with Crippen molar-refractivity contribution < 1.29 is 31.8 Å². The van der Waals surface area contributed by atoms with Gasteiger partial charge in [0.2, 0.25) is 11.8 Å². The van der Waals surface area contributed by atoms with Crippen LogP contribution in [0.4, 0.5) is 23.2 Å². The van der Waals surface area contributed by atoms with Gasteiger partial charge in [-0.1, -0.05) is 0 Å². The van der Waals surface area contributed by atoms with Crippen molar-refractivity contribution in [3.8, 4) is 5.88 Å². The number of carbonyl (C=O) groups is 1. The summed E-state index contributed by atoms with van der Waals surface area (Å²) in [5.41, 5.74) is 3.32. The number of carbonyl (C=O) groups excluding carboxylic acids is 1. The topological polar surface area (TPSA) is 125 Å². The third-order valence-electron chi connectivity index (χ3n) is 4.32. The number of hydrogen-bond acceptors (Lipinski definition) is 8. The molecule has 0 aliphatic carbocycles. The third kappa shape index (κ3) is 4.39. The minimum Gasteiger partial charge on any atom is -0.480 e. The lowest BCUT2D eigenvalue weighted by atomic mass is 9.86. The van der Waals surface area contributed by atoms with E-state index >= 15 is 0 Å². The summed E-state index contributed by atoms with van der Waals surface area (Å²) in [6.07, 6.45) is -4.34. The lowest BCUT2D eigenvalue weighted by Crippen LogP contribution is -2.46. The normalized spacial score (nSPS) is 21.4. The molecule has 9 nitrogen and oxygen atoms in total. The van der Waals surface area contributed by atoms with Gasteiger partial charge in [0.05, 0.1) is 36.9 Å². The first-order chi connectivity index (χ1) is 14.0. The second-order valence-corrected chi connectivity index (χ2v) is 6.54. The van der Waals surface area contributed by atoms with Gasteiger partial charge in [0.15, 0.2) is 6.10 Å². The van der Waals surface area contributed by atoms with Crippen molar-refractivity contribution >= 4 is 17.6 Å². The van der Waals surface area contributed by atoms with Crippen LogP contribution in [0.25, 0.3) is 0 Å². The van der Waals surface area contributed by atoms with E-state index in [2.05, 4.69) is 30.0 Å². The summed E-state index contributed by atoms with van der Waals surface area (Å²) >= 11 is 0. The van der Waals surface area contributed by atoms with Crippen LogP contribution in [0, 0.1) is 5.95 Å². The number of alkyl halides is 3. The van der Waals surface area contributed by atoms with Gasteiger partial charge < -0.3 is 20.5 Å². The van der Waals surface area contributed by atoms with Crippen molar-refractivity contribution in [2.45, 2.75) is 31.2 Å². The molecule has 0 spiro atoms. The van der Waals surface area contributed by atoms with E-state index in [1.165, 1.54) is 20.2 Å². The predicted octanol–water partition coefficient (Wildman–Crippen LogP) is 2.15. The molecule has 3 rings (SSSR count). The Hall–Kier alpha value is -3.51. The Morgan fingerprint density at radius 1 is 1.30 bits per heavy atom. The van der Waals surface area contributed by atoms with Crippen LogP contribution in [-0.2, 0) is 10.3 Å². The molecule has 0 radical (unpaired) electrons. The SMILES string of the molecule is COc1cnc(C(=O)Nc2cnc(F)c(C3(C)CC(C(F)(F)F)OC(N)=N3)c2)cn1. The molecule has 0 fully saturated rings. The fourth-order valence-electron chi connectivity index (χ4n) is 2.84. The second kappa shape index (κ2) is 7.72. The second-order valence-electron chi connectivity index (χ2n) is 6.54. The zero-order valence-electron chi connectivity index (χ0n) is 15.7. The van der Waals surface area contributed by atoms with Crippen molar-refractivity contribution in [3.05, 3.63) is 41.9 Å². The van der Waals surface area contributed by atoms with Gasteiger partial charge in [-0.25, -0.2) is 19.9 Å². The molecule has 0 saturated heterocycles. The van der Waals surface area contributed by atoms with E-state index in [4.69, 9.17) is 10.5 Å². The lowest BCUT2D eigenvalue weighted by molar-refractivity contribution is -0.208. The number of amides is 1. The predicted molar refractivity (Wildman–Crippen MR) is 95.3 cm³/mol. The van der Waals surface area contributed by atoms with Gasteiger partial charge in [-0.2, -0.15) is 17.6 Å². The molecule has 3 N–H and O–H groups in total. The van der Waals surface area contributed by atoms with Crippen LogP contribution in [0.3, 0.4) is 0 Å². The Labute approximate surface area is 167 Å². The number of anilines is 1. The summed E-state index contributed by atoms with van der Waals surface area (Å²) in [4.78, 5) is 27.4. The fourth-order valence-corrected chi connectivity index (χ4v) is 2.84. The highest BCUT2D eigenvalue weighted by Gasteiger charge is 2.50. The number of aromatic nitrogens is 3. The zero-order chi connectivity index (χ0) is 22.1. The van der Waals surface area contributed by atoms with Crippen molar-refractivity contribution in [2.75, 3.05) is 12.4 Å². The number of hydrogen-bond donors (Lipinski definition) is 2. The van der Waals surface area contributed by atoms with Crippen LogP contribution in [-0.4, -0.2) is 46.3 Å². The zero-order valence-corrected chi connectivity index (χ0v) is 15.7. The molecule has 160 valence electrons. The maximum atomic E-state index is 14.4. The summed E-state index contributed by atoms with van der Waals surface area (Å²) in [7, 11) is 1.38. The summed E-state index contributed by atoms with van der Waals surface area (Å²) in [6, 6.07) is 0.403. The van der Waals surface area contributed by atoms with E-state index in [-0.39, 0.29) is 22.8 Å². The first-order valence-electron chi connectivity index (χ1n) is 8.44. The maximum Gasteiger partial charge on any atom is 0.425 e. The largest absolute Gasteiger partial charge is 0.480 e. The Balaban J connectivity index is 1.89. The standard InChI is InChI=1S/C17H16F4N6O3/c1-16(4-11(17(19,20)21)30-15(22)27-16)9-3-8(5-25-13(9)18)26-14(28)10-6-24-12(29-2)7-23-10/h3,5-7,11H,4H2,1-2H3,(H2,22,27)(H,26,28). The van der Waals surface area contributed by atoms with Crippen molar-refractivity contribution in [3.63, 3.8) is 0 Å². The number of rotatable bonds is 4. The number of aliphatic imine (C=N–C) groups is 1. The fraction of sp³-hybridized carbons (Fsp3) is 0.353. The lowest BCUT2D eigenvalue weighted by Gasteiger charge is -2.35. The number of ether oxygens (including phenoxy) is 2. The highest BCUT2D eigenvalue weighted by Crippen LogP contribution is 2.40. The first-order valence-corrected chi connectivity index (χ1v) is 8.44. The molecule has 3 heterocycles. The Morgan fingerprint density at radius 3 is 2.63 bits per heavy atom. The average Bonchev–Trinajstić information content (AvgIpc) is 2.68. The Bertz CT molecular complexity index is 982. The summed E-state index contributed by atoms with van der Waals surface area (Å²) in [5, 5.41) is 2.43. The molecule has 1 amide bonds. The Morgan fingerprint density at radius 2 is 2.03 bits per heavy atom. The summed E-state index contributed by atoms with van der Waals surface area (Å²) < 4.78 is 63.2.